The summed E-state index contributed by atoms with van der Waals surface area (Å²) in [6, 6.07) is 5.97. The molecule has 1 rings (SSSR count). The first kappa shape index (κ1) is 8.47. The van der Waals surface area contributed by atoms with Gasteiger partial charge in [-0.25, -0.2) is 0 Å². The van der Waals surface area contributed by atoms with Crippen LogP contribution in [0, 0.1) is 13.8 Å². The van der Waals surface area contributed by atoms with E-state index in [1.807, 2.05) is 32.0 Å². The molecular formula is C9H12OS. The van der Waals surface area contributed by atoms with Crippen LogP contribution < -0.4 is 0 Å². The summed E-state index contributed by atoms with van der Waals surface area (Å²) in [5.41, 5.74) is 2.23. The van der Waals surface area contributed by atoms with Crippen LogP contribution in [0.1, 0.15) is 11.1 Å². The van der Waals surface area contributed by atoms with Crippen molar-refractivity contribution in [2.45, 2.75) is 18.7 Å². The molecule has 0 unspecified atom stereocenters. The van der Waals surface area contributed by atoms with E-state index in [0.29, 0.717) is 0 Å². The third kappa shape index (κ3) is 1.69. The zero-order chi connectivity index (χ0) is 8.43. The van der Waals surface area contributed by atoms with E-state index in [2.05, 4.69) is 0 Å². The van der Waals surface area contributed by atoms with E-state index < -0.39 is 10.8 Å². The second-order valence-corrected chi connectivity index (χ2v) is 3.99. The predicted octanol–water partition coefficient (Wildman–Crippen LogP) is 2.04. The smallest absolute Gasteiger partial charge is 0.0503 e. The van der Waals surface area contributed by atoms with Crippen LogP contribution in [0.2, 0.25) is 0 Å². The maximum absolute atomic E-state index is 11.2. The second kappa shape index (κ2) is 3.18. The summed E-state index contributed by atoms with van der Waals surface area (Å²) >= 11 is 0. The predicted molar refractivity (Wildman–Crippen MR) is 48.2 cm³/mol. The Balaban J connectivity index is 3.32. The lowest BCUT2D eigenvalue weighted by atomic mass is 10.2. The zero-order valence-electron chi connectivity index (χ0n) is 7.05. The summed E-state index contributed by atoms with van der Waals surface area (Å²) in [5.74, 6) is 0. The molecule has 0 heterocycles. The second-order valence-electron chi connectivity index (χ2n) is 2.68. The number of benzene rings is 1. The first-order chi connectivity index (χ1) is 5.13. The molecule has 0 amide bonds. The Morgan fingerprint density at radius 1 is 1.18 bits per heavy atom. The topological polar surface area (TPSA) is 17.1 Å². The fourth-order valence-corrected chi connectivity index (χ4v) is 2.30. The van der Waals surface area contributed by atoms with Gasteiger partial charge in [-0.2, -0.15) is 0 Å². The van der Waals surface area contributed by atoms with Gasteiger partial charge in [-0.15, -0.1) is 0 Å². The highest BCUT2D eigenvalue weighted by Crippen LogP contribution is 2.15. The van der Waals surface area contributed by atoms with Crippen LogP contribution in [0.25, 0.3) is 0 Å². The molecule has 60 valence electrons. The van der Waals surface area contributed by atoms with Crippen LogP contribution in [0.15, 0.2) is 23.1 Å². The molecule has 1 atom stereocenters. The van der Waals surface area contributed by atoms with E-state index in [-0.39, 0.29) is 0 Å². The van der Waals surface area contributed by atoms with Crippen molar-refractivity contribution in [1.29, 1.82) is 0 Å². The van der Waals surface area contributed by atoms with Gasteiger partial charge in [0, 0.05) is 11.2 Å². The van der Waals surface area contributed by atoms with E-state index in [1.54, 1.807) is 6.26 Å². The standard InChI is InChI=1S/C9H12OS/c1-7-5-4-6-8(2)9(7)11(3)10/h4-6H,1-3H3/t11-/m1/s1. The van der Waals surface area contributed by atoms with Crippen LogP contribution in [0.5, 0.6) is 0 Å². The van der Waals surface area contributed by atoms with Gasteiger partial charge in [-0.3, -0.25) is 4.21 Å². The Bertz CT molecular complexity index is 271. The zero-order valence-corrected chi connectivity index (χ0v) is 7.87. The van der Waals surface area contributed by atoms with Gasteiger partial charge in [0.2, 0.25) is 0 Å². The average Bonchev–Trinajstić information content (AvgIpc) is 1.85. The van der Waals surface area contributed by atoms with Crippen molar-refractivity contribution in [2.75, 3.05) is 6.26 Å². The lowest BCUT2D eigenvalue weighted by Crippen LogP contribution is -1.94. The van der Waals surface area contributed by atoms with Crippen LogP contribution in [-0.2, 0) is 10.8 Å². The van der Waals surface area contributed by atoms with E-state index >= 15 is 0 Å². The molecule has 0 aliphatic rings. The SMILES string of the molecule is Cc1cccc(C)c1[S@@](C)=O. The summed E-state index contributed by atoms with van der Waals surface area (Å²) in [5, 5.41) is 0. The molecule has 2 heteroatoms. The van der Waals surface area contributed by atoms with Gasteiger partial charge in [-0.1, -0.05) is 18.2 Å². The minimum Gasteiger partial charge on any atom is -0.255 e. The van der Waals surface area contributed by atoms with Gasteiger partial charge in [0.25, 0.3) is 0 Å². The lowest BCUT2D eigenvalue weighted by Gasteiger charge is -2.04. The van der Waals surface area contributed by atoms with E-state index in [4.69, 9.17) is 0 Å². The Kier molecular flexibility index (Phi) is 2.45. The van der Waals surface area contributed by atoms with Crippen LogP contribution in [0.4, 0.5) is 0 Å². The lowest BCUT2D eigenvalue weighted by molar-refractivity contribution is 0.686. The van der Waals surface area contributed by atoms with Crippen molar-refractivity contribution in [3.8, 4) is 0 Å². The molecule has 0 aromatic heterocycles. The molecule has 0 aliphatic heterocycles. The van der Waals surface area contributed by atoms with Gasteiger partial charge < -0.3 is 0 Å². The Labute approximate surface area is 69.9 Å². The van der Waals surface area contributed by atoms with Gasteiger partial charge in [-0.05, 0) is 25.0 Å². The molecular weight excluding hydrogens is 156 g/mol. The van der Waals surface area contributed by atoms with E-state index in [0.717, 1.165) is 16.0 Å². The summed E-state index contributed by atoms with van der Waals surface area (Å²) in [4.78, 5) is 0.979. The highest BCUT2D eigenvalue weighted by Gasteiger charge is 2.03. The summed E-state index contributed by atoms with van der Waals surface area (Å²) < 4.78 is 11.2. The molecule has 0 fully saturated rings. The van der Waals surface area contributed by atoms with Crippen molar-refractivity contribution in [2.24, 2.45) is 0 Å². The van der Waals surface area contributed by atoms with Crippen molar-refractivity contribution in [1.82, 2.24) is 0 Å². The largest absolute Gasteiger partial charge is 0.255 e. The highest BCUT2D eigenvalue weighted by molar-refractivity contribution is 7.84. The molecule has 11 heavy (non-hydrogen) atoms. The minimum atomic E-state index is -0.852. The third-order valence-corrected chi connectivity index (χ3v) is 2.92. The van der Waals surface area contributed by atoms with Gasteiger partial charge in [0.15, 0.2) is 0 Å². The fourth-order valence-electron chi connectivity index (χ4n) is 1.25. The summed E-state index contributed by atoms with van der Waals surface area (Å²) in [6.07, 6.45) is 1.72. The molecule has 0 spiro atoms. The number of aryl methyl sites for hydroxylation is 2. The Hall–Kier alpha value is -0.630. The molecule has 1 aromatic rings. The molecule has 1 aromatic carbocycles. The van der Waals surface area contributed by atoms with Crippen molar-refractivity contribution in [3.05, 3.63) is 29.3 Å². The van der Waals surface area contributed by atoms with Gasteiger partial charge in [0.1, 0.15) is 0 Å². The summed E-state index contributed by atoms with van der Waals surface area (Å²) in [6.45, 7) is 3.98. The van der Waals surface area contributed by atoms with Crippen molar-refractivity contribution in [3.63, 3.8) is 0 Å². The number of hydrogen-bond donors (Lipinski definition) is 0. The molecule has 0 radical (unpaired) electrons. The number of hydrogen-bond acceptors (Lipinski definition) is 1. The van der Waals surface area contributed by atoms with Gasteiger partial charge in [0.05, 0.1) is 10.8 Å². The first-order valence-corrected chi connectivity index (χ1v) is 5.08. The van der Waals surface area contributed by atoms with Crippen LogP contribution in [-0.4, -0.2) is 10.5 Å². The maximum Gasteiger partial charge on any atom is 0.0503 e. The highest BCUT2D eigenvalue weighted by atomic mass is 32.2. The molecule has 0 saturated carbocycles. The van der Waals surface area contributed by atoms with Crippen LogP contribution >= 0.6 is 0 Å². The molecule has 0 bridgehead atoms. The molecule has 0 saturated heterocycles. The Morgan fingerprint density at radius 3 is 1.91 bits per heavy atom. The molecule has 0 N–H and O–H groups in total. The quantitative estimate of drug-likeness (QED) is 0.627. The fraction of sp³-hybridized carbons (Fsp3) is 0.333. The van der Waals surface area contributed by atoms with Crippen molar-refractivity contribution < 1.29 is 4.21 Å². The average molecular weight is 168 g/mol. The summed E-state index contributed by atoms with van der Waals surface area (Å²) in [7, 11) is -0.852. The van der Waals surface area contributed by atoms with Crippen LogP contribution in [0.3, 0.4) is 0 Å². The molecule has 1 nitrogen and oxygen atoms in total. The van der Waals surface area contributed by atoms with Gasteiger partial charge >= 0.3 is 0 Å². The Morgan fingerprint density at radius 2 is 1.64 bits per heavy atom. The number of rotatable bonds is 1. The van der Waals surface area contributed by atoms with Crippen molar-refractivity contribution >= 4 is 10.8 Å². The minimum absolute atomic E-state index is 0.852. The third-order valence-electron chi connectivity index (χ3n) is 1.70. The maximum atomic E-state index is 11.2. The molecule has 0 aliphatic carbocycles. The normalized spacial score (nSPS) is 13.0. The monoisotopic (exact) mass is 168 g/mol. The van der Waals surface area contributed by atoms with E-state index in [9.17, 15) is 4.21 Å². The first-order valence-electron chi connectivity index (χ1n) is 3.52. The van der Waals surface area contributed by atoms with E-state index in [1.165, 1.54) is 0 Å².